The first-order valence-corrected chi connectivity index (χ1v) is 6.95. The van der Waals surface area contributed by atoms with Gasteiger partial charge in [0.25, 0.3) is 5.56 Å². The summed E-state index contributed by atoms with van der Waals surface area (Å²) in [6.07, 6.45) is -1.15. The molecule has 124 valence electrons. The van der Waals surface area contributed by atoms with Crippen molar-refractivity contribution in [3.8, 4) is 11.8 Å². The van der Waals surface area contributed by atoms with E-state index >= 15 is 0 Å². The summed E-state index contributed by atoms with van der Waals surface area (Å²) >= 11 is 0. The van der Waals surface area contributed by atoms with Gasteiger partial charge in [0, 0.05) is 19.5 Å². The van der Waals surface area contributed by atoms with Gasteiger partial charge in [-0.1, -0.05) is 11.8 Å². The molecule has 1 fully saturated rings. The van der Waals surface area contributed by atoms with Gasteiger partial charge in [-0.05, 0) is 0 Å². The number of aromatic nitrogens is 2. The summed E-state index contributed by atoms with van der Waals surface area (Å²) in [6, 6.07) is 0. The molecule has 2 heterocycles. The highest BCUT2D eigenvalue weighted by atomic mass is 16.5. The highest BCUT2D eigenvalue weighted by molar-refractivity contribution is 5.73. The van der Waals surface area contributed by atoms with Crippen LogP contribution in [0, 0.1) is 11.8 Å². The number of carbonyl (C=O) groups is 1. The summed E-state index contributed by atoms with van der Waals surface area (Å²) < 4.78 is 6.49. The zero-order valence-corrected chi connectivity index (χ0v) is 12.4. The number of nitrogens with zero attached hydrogens (tertiary/aromatic N) is 1. The predicted molar refractivity (Wildman–Crippen MR) is 78.5 cm³/mol. The van der Waals surface area contributed by atoms with E-state index in [0.29, 0.717) is 0 Å². The molecule has 9 nitrogen and oxygen atoms in total. The fraction of sp³-hybridized carbons (Fsp3) is 0.500. The van der Waals surface area contributed by atoms with E-state index in [1.54, 1.807) is 0 Å². The number of amides is 1. The Labute approximate surface area is 130 Å². The summed E-state index contributed by atoms with van der Waals surface area (Å²) in [5.41, 5.74) is -1.32. The van der Waals surface area contributed by atoms with Crippen molar-refractivity contribution in [3.63, 3.8) is 0 Å². The van der Waals surface area contributed by atoms with Crippen molar-refractivity contribution in [1.82, 2.24) is 14.9 Å². The van der Waals surface area contributed by atoms with Crippen LogP contribution in [0.1, 0.15) is 25.1 Å². The minimum absolute atomic E-state index is 0.0282. The molecule has 3 atom stereocenters. The van der Waals surface area contributed by atoms with Crippen LogP contribution in [0.15, 0.2) is 15.8 Å². The average Bonchev–Trinajstić information content (AvgIpc) is 2.86. The zero-order chi connectivity index (χ0) is 17.0. The van der Waals surface area contributed by atoms with Crippen molar-refractivity contribution in [2.75, 3.05) is 13.2 Å². The number of H-pyrrole nitrogens is 1. The second kappa shape index (κ2) is 7.23. The maximum absolute atomic E-state index is 11.9. The Hall–Kier alpha value is -2.41. The van der Waals surface area contributed by atoms with Crippen molar-refractivity contribution < 1.29 is 19.7 Å². The molecule has 9 heteroatoms. The highest BCUT2D eigenvalue weighted by Gasteiger charge is 2.35. The van der Waals surface area contributed by atoms with Crippen LogP contribution in [0.5, 0.6) is 0 Å². The molecule has 0 radical (unpaired) electrons. The van der Waals surface area contributed by atoms with E-state index in [1.165, 1.54) is 13.1 Å². The quantitative estimate of drug-likeness (QED) is 0.461. The molecule has 0 aliphatic carbocycles. The number of hydrogen-bond acceptors (Lipinski definition) is 6. The molecule has 4 N–H and O–H groups in total. The number of rotatable bonds is 3. The Morgan fingerprint density at radius 2 is 2.30 bits per heavy atom. The van der Waals surface area contributed by atoms with Crippen molar-refractivity contribution in [2.24, 2.45) is 0 Å². The lowest BCUT2D eigenvalue weighted by Gasteiger charge is -2.14. The molecule has 0 bridgehead atoms. The van der Waals surface area contributed by atoms with Crippen LogP contribution in [0.3, 0.4) is 0 Å². The van der Waals surface area contributed by atoms with Crippen LogP contribution in [0.4, 0.5) is 0 Å². The summed E-state index contributed by atoms with van der Waals surface area (Å²) in [7, 11) is 0. The largest absolute Gasteiger partial charge is 0.394 e. The lowest BCUT2D eigenvalue weighted by Crippen LogP contribution is -2.33. The number of nitrogens with one attached hydrogen (secondary N) is 2. The van der Waals surface area contributed by atoms with Crippen molar-refractivity contribution in [1.29, 1.82) is 0 Å². The van der Waals surface area contributed by atoms with E-state index in [-0.39, 0.29) is 31.0 Å². The Morgan fingerprint density at radius 3 is 2.91 bits per heavy atom. The molecule has 23 heavy (non-hydrogen) atoms. The minimum atomic E-state index is -0.905. The number of aliphatic hydroxyl groups excluding tert-OH is 2. The van der Waals surface area contributed by atoms with Crippen LogP contribution >= 0.6 is 0 Å². The van der Waals surface area contributed by atoms with Crippen molar-refractivity contribution >= 4 is 5.91 Å². The average molecular weight is 323 g/mol. The fourth-order valence-corrected chi connectivity index (χ4v) is 2.15. The van der Waals surface area contributed by atoms with E-state index in [0.717, 1.165) is 4.57 Å². The Bertz CT molecular complexity index is 756. The van der Waals surface area contributed by atoms with Crippen LogP contribution in [-0.2, 0) is 9.53 Å². The summed E-state index contributed by atoms with van der Waals surface area (Å²) in [6.45, 7) is 1.03. The van der Waals surface area contributed by atoms with E-state index in [2.05, 4.69) is 22.1 Å². The summed E-state index contributed by atoms with van der Waals surface area (Å²) in [4.78, 5) is 36.5. The highest BCUT2D eigenvalue weighted by Crippen LogP contribution is 2.27. The molecule has 1 amide bonds. The molecule has 1 aliphatic heterocycles. The first-order valence-electron chi connectivity index (χ1n) is 6.95. The number of aliphatic hydroxyl groups is 2. The van der Waals surface area contributed by atoms with Gasteiger partial charge in [-0.3, -0.25) is 19.1 Å². The lowest BCUT2D eigenvalue weighted by atomic mass is 10.2. The molecule has 0 spiro atoms. The van der Waals surface area contributed by atoms with Crippen molar-refractivity contribution in [3.05, 3.63) is 32.6 Å². The smallest absolute Gasteiger partial charge is 0.330 e. The standard InChI is InChI=1S/C14H17N3O6/c1-8(19)15-4-2-3-9-6-17(14(22)16-13(9)21)12-5-10(20)11(7-18)23-12/h6,10-12,18,20H,4-5,7H2,1H3,(H,15,19)(H,16,21,22)/t10-,11+,12+/m0/s1. The fourth-order valence-electron chi connectivity index (χ4n) is 2.15. The Kier molecular flexibility index (Phi) is 5.33. The molecule has 1 aliphatic rings. The van der Waals surface area contributed by atoms with Crippen LogP contribution < -0.4 is 16.6 Å². The summed E-state index contributed by atoms with van der Waals surface area (Å²) in [5, 5.41) is 21.2. The lowest BCUT2D eigenvalue weighted by molar-refractivity contribution is -0.118. The second-order valence-electron chi connectivity index (χ2n) is 5.04. The SMILES string of the molecule is CC(=O)NCC#Cc1cn([C@H]2C[C@H](O)[C@@H](CO)O2)c(=O)[nH]c1=O. The first kappa shape index (κ1) is 17.0. The molecule has 0 unspecified atom stereocenters. The first-order chi connectivity index (χ1) is 10.9. The van der Waals surface area contributed by atoms with Crippen molar-refractivity contribution in [2.45, 2.75) is 31.8 Å². The minimum Gasteiger partial charge on any atom is -0.394 e. The molecular weight excluding hydrogens is 306 g/mol. The maximum atomic E-state index is 11.9. The second-order valence-corrected chi connectivity index (χ2v) is 5.04. The maximum Gasteiger partial charge on any atom is 0.330 e. The van der Waals surface area contributed by atoms with Gasteiger partial charge in [-0.25, -0.2) is 4.79 Å². The van der Waals surface area contributed by atoms with Crippen LogP contribution in [0.25, 0.3) is 0 Å². The molecule has 1 saturated heterocycles. The van der Waals surface area contributed by atoms with Crippen LogP contribution in [-0.4, -0.2) is 51.0 Å². The van der Waals surface area contributed by atoms with Gasteiger partial charge in [0.15, 0.2) is 0 Å². The van der Waals surface area contributed by atoms with Gasteiger partial charge in [-0.15, -0.1) is 0 Å². The van der Waals surface area contributed by atoms with Gasteiger partial charge in [0.05, 0.1) is 19.3 Å². The Morgan fingerprint density at radius 1 is 1.57 bits per heavy atom. The molecule has 1 aromatic heterocycles. The normalized spacial score (nSPS) is 23.2. The topological polar surface area (TPSA) is 134 Å². The Balaban J connectivity index is 2.25. The molecular formula is C14H17N3O6. The molecule has 1 aromatic rings. The number of carbonyl (C=O) groups excluding carboxylic acids is 1. The van der Waals surface area contributed by atoms with Gasteiger partial charge >= 0.3 is 5.69 Å². The molecule has 0 saturated carbocycles. The molecule has 0 aromatic carbocycles. The molecule has 2 rings (SSSR count). The van der Waals surface area contributed by atoms with Gasteiger partial charge in [0.2, 0.25) is 5.91 Å². The van der Waals surface area contributed by atoms with E-state index in [9.17, 15) is 19.5 Å². The third-order valence-electron chi connectivity index (χ3n) is 3.31. The van der Waals surface area contributed by atoms with Gasteiger partial charge < -0.3 is 20.3 Å². The third kappa shape index (κ3) is 4.07. The predicted octanol–water partition coefficient (Wildman–Crippen LogP) is -2.34. The van der Waals surface area contributed by atoms with Gasteiger partial charge in [0.1, 0.15) is 17.9 Å². The van der Waals surface area contributed by atoms with E-state index < -0.39 is 29.7 Å². The number of ether oxygens (including phenoxy) is 1. The number of aromatic amines is 1. The van der Waals surface area contributed by atoms with E-state index in [4.69, 9.17) is 9.84 Å². The summed E-state index contributed by atoms with van der Waals surface area (Å²) in [5.74, 6) is 4.90. The third-order valence-corrected chi connectivity index (χ3v) is 3.31. The number of hydrogen-bond donors (Lipinski definition) is 4. The zero-order valence-electron chi connectivity index (χ0n) is 12.4. The monoisotopic (exact) mass is 323 g/mol. The van der Waals surface area contributed by atoms with E-state index in [1.807, 2.05) is 0 Å². The van der Waals surface area contributed by atoms with Crippen LogP contribution in [0.2, 0.25) is 0 Å². The van der Waals surface area contributed by atoms with Gasteiger partial charge in [-0.2, -0.15) is 0 Å².